The highest BCUT2D eigenvalue weighted by molar-refractivity contribution is 5.79. The summed E-state index contributed by atoms with van der Waals surface area (Å²) in [6.07, 6.45) is 5.22. The molecule has 0 aliphatic carbocycles. The number of hydrogen-bond donors (Lipinski definition) is 1. The van der Waals surface area contributed by atoms with Gasteiger partial charge in [0.2, 0.25) is 0 Å². The molecule has 4 aromatic heterocycles. The van der Waals surface area contributed by atoms with Crippen molar-refractivity contribution in [3.8, 4) is 0 Å². The van der Waals surface area contributed by atoms with E-state index in [1.807, 2.05) is 76.4 Å². The van der Waals surface area contributed by atoms with Gasteiger partial charge in [0.1, 0.15) is 11.8 Å². The van der Waals surface area contributed by atoms with Crippen molar-refractivity contribution in [1.29, 1.82) is 0 Å². The third-order valence-electron chi connectivity index (χ3n) is 6.11. The summed E-state index contributed by atoms with van der Waals surface area (Å²) < 4.78 is 7.50. The second-order valence-corrected chi connectivity index (χ2v) is 10.0. The van der Waals surface area contributed by atoms with E-state index in [4.69, 9.17) is 4.42 Å². The molecule has 1 N–H and O–H groups in total. The van der Waals surface area contributed by atoms with Crippen LogP contribution < -0.4 is 5.56 Å². The Bertz CT molecular complexity index is 1520. The fourth-order valence-corrected chi connectivity index (χ4v) is 4.45. The van der Waals surface area contributed by atoms with Gasteiger partial charge in [-0.05, 0) is 85.5 Å². The van der Waals surface area contributed by atoms with E-state index in [0.29, 0.717) is 24.5 Å². The van der Waals surface area contributed by atoms with Gasteiger partial charge in [-0.25, -0.2) is 4.68 Å². The van der Waals surface area contributed by atoms with E-state index in [9.17, 15) is 4.79 Å². The highest BCUT2D eigenvalue weighted by Gasteiger charge is 2.34. The molecule has 5 aromatic rings. The Balaban J connectivity index is 1.73. The smallest absolute Gasteiger partial charge is 0.253 e. The topological polar surface area (TPSA) is 106 Å². The first-order valence-electron chi connectivity index (χ1n) is 11.9. The Kier molecular flexibility index (Phi) is 6.24. The molecule has 0 aliphatic heterocycles. The molecule has 9 heteroatoms. The van der Waals surface area contributed by atoms with Gasteiger partial charge in [0.05, 0.1) is 18.3 Å². The van der Waals surface area contributed by atoms with Crippen LogP contribution in [0.15, 0.2) is 76.4 Å². The van der Waals surface area contributed by atoms with Crippen LogP contribution in [-0.4, -0.2) is 35.1 Å². The predicted molar refractivity (Wildman–Crippen MR) is 136 cm³/mol. The number of rotatable bonds is 7. The van der Waals surface area contributed by atoms with Crippen LogP contribution in [0.2, 0.25) is 0 Å². The van der Waals surface area contributed by atoms with Crippen LogP contribution in [0, 0.1) is 6.92 Å². The number of benzene rings is 1. The average molecular weight is 484 g/mol. The van der Waals surface area contributed by atoms with Crippen molar-refractivity contribution < 1.29 is 4.42 Å². The minimum atomic E-state index is -0.557. The minimum absolute atomic E-state index is 0.185. The molecule has 184 valence electrons. The molecule has 0 radical (unpaired) electrons. The molecule has 4 heterocycles. The van der Waals surface area contributed by atoms with Crippen LogP contribution in [0.1, 0.15) is 55.1 Å². The summed E-state index contributed by atoms with van der Waals surface area (Å²) in [6, 6.07) is 15.1. The lowest BCUT2D eigenvalue weighted by Crippen LogP contribution is -2.37. The molecule has 0 fully saturated rings. The molecule has 9 nitrogen and oxygen atoms in total. The SMILES string of the molecule is Cc1ccc2[nH]c(=O)c(C(c3nnnn3C(C)(C)C)N(Cc3cccnc3)Cc3ccco3)cc2c1. The number of aromatic amines is 1. The molecule has 36 heavy (non-hydrogen) atoms. The third-order valence-corrected chi connectivity index (χ3v) is 6.11. The molecule has 0 saturated carbocycles. The summed E-state index contributed by atoms with van der Waals surface area (Å²) >= 11 is 0. The average Bonchev–Trinajstić information content (AvgIpc) is 3.53. The number of fused-ring (bicyclic) bond motifs is 1. The fourth-order valence-electron chi connectivity index (χ4n) is 4.45. The highest BCUT2D eigenvalue weighted by atomic mass is 16.3. The summed E-state index contributed by atoms with van der Waals surface area (Å²) in [7, 11) is 0. The van der Waals surface area contributed by atoms with E-state index in [-0.39, 0.29) is 5.56 Å². The van der Waals surface area contributed by atoms with Crippen LogP contribution in [0.4, 0.5) is 0 Å². The Hall–Kier alpha value is -4.11. The maximum atomic E-state index is 13.6. The normalized spacial score (nSPS) is 12.9. The first kappa shape index (κ1) is 23.6. The molecule has 1 unspecified atom stereocenters. The van der Waals surface area contributed by atoms with Crippen LogP contribution in [0.5, 0.6) is 0 Å². The van der Waals surface area contributed by atoms with Gasteiger partial charge in [-0.3, -0.25) is 14.7 Å². The number of aryl methyl sites for hydroxylation is 1. The fraction of sp³-hybridized carbons (Fsp3) is 0.296. The zero-order valence-electron chi connectivity index (χ0n) is 20.8. The quantitative estimate of drug-likeness (QED) is 0.367. The molecule has 0 amide bonds. The second-order valence-electron chi connectivity index (χ2n) is 10.0. The lowest BCUT2D eigenvalue weighted by Gasteiger charge is -2.32. The minimum Gasteiger partial charge on any atom is -0.468 e. The van der Waals surface area contributed by atoms with Crippen molar-refractivity contribution in [2.75, 3.05) is 0 Å². The monoisotopic (exact) mass is 483 g/mol. The van der Waals surface area contributed by atoms with E-state index < -0.39 is 11.6 Å². The Morgan fingerprint density at radius 2 is 1.97 bits per heavy atom. The Morgan fingerprint density at radius 3 is 2.69 bits per heavy atom. The Labute approximate surface area is 208 Å². The van der Waals surface area contributed by atoms with Crippen molar-refractivity contribution in [3.63, 3.8) is 0 Å². The molecule has 0 saturated heterocycles. The standard InChI is InChI=1S/C27H29N7O2/c1-18-9-10-23-20(13-18)14-22(26(35)29-23)24(25-30-31-32-34(25)27(2,3)4)33(17-21-8-6-12-36-21)16-19-7-5-11-28-15-19/h5-15,24H,16-17H2,1-4H3,(H,29,35). The highest BCUT2D eigenvalue weighted by Crippen LogP contribution is 2.32. The van der Waals surface area contributed by atoms with E-state index in [2.05, 4.69) is 36.5 Å². The van der Waals surface area contributed by atoms with Gasteiger partial charge in [-0.15, -0.1) is 5.10 Å². The van der Waals surface area contributed by atoms with Crippen molar-refractivity contribution >= 4 is 10.9 Å². The Morgan fingerprint density at radius 1 is 1.11 bits per heavy atom. The van der Waals surface area contributed by atoms with Gasteiger partial charge in [-0.1, -0.05) is 17.7 Å². The van der Waals surface area contributed by atoms with Crippen LogP contribution in [0.3, 0.4) is 0 Å². The molecule has 5 rings (SSSR count). The number of nitrogens with zero attached hydrogens (tertiary/aromatic N) is 6. The van der Waals surface area contributed by atoms with Gasteiger partial charge < -0.3 is 9.40 Å². The summed E-state index contributed by atoms with van der Waals surface area (Å²) in [4.78, 5) is 23.1. The largest absolute Gasteiger partial charge is 0.468 e. The first-order valence-corrected chi connectivity index (χ1v) is 11.9. The van der Waals surface area contributed by atoms with Crippen molar-refractivity contribution in [2.24, 2.45) is 0 Å². The van der Waals surface area contributed by atoms with E-state index in [0.717, 1.165) is 27.8 Å². The van der Waals surface area contributed by atoms with Gasteiger partial charge in [-0.2, -0.15) is 0 Å². The molecule has 0 bridgehead atoms. The number of tetrazole rings is 1. The van der Waals surface area contributed by atoms with Crippen molar-refractivity contribution in [1.82, 2.24) is 35.1 Å². The van der Waals surface area contributed by atoms with Gasteiger partial charge in [0, 0.05) is 30.0 Å². The van der Waals surface area contributed by atoms with Crippen molar-refractivity contribution in [3.05, 3.63) is 106 Å². The van der Waals surface area contributed by atoms with Crippen LogP contribution >= 0.6 is 0 Å². The zero-order chi connectivity index (χ0) is 25.3. The van der Waals surface area contributed by atoms with Crippen LogP contribution in [0.25, 0.3) is 10.9 Å². The number of H-pyrrole nitrogens is 1. The molecule has 0 spiro atoms. The summed E-state index contributed by atoms with van der Waals surface area (Å²) in [5.41, 5.74) is 2.87. The number of furan rings is 1. The van der Waals surface area contributed by atoms with Gasteiger partial charge >= 0.3 is 0 Å². The summed E-state index contributed by atoms with van der Waals surface area (Å²) in [6.45, 7) is 9.09. The number of pyridine rings is 2. The lowest BCUT2D eigenvalue weighted by molar-refractivity contribution is 0.171. The third kappa shape index (κ3) is 4.83. The predicted octanol–water partition coefficient (Wildman–Crippen LogP) is 4.36. The van der Waals surface area contributed by atoms with E-state index in [1.54, 1.807) is 17.1 Å². The van der Waals surface area contributed by atoms with Crippen LogP contribution in [-0.2, 0) is 18.6 Å². The maximum absolute atomic E-state index is 13.6. The first-order chi connectivity index (χ1) is 17.3. The summed E-state index contributed by atoms with van der Waals surface area (Å²) in [5, 5.41) is 13.7. The maximum Gasteiger partial charge on any atom is 0.253 e. The molecular formula is C27H29N7O2. The van der Waals surface area contributed by atoms with Gasteiger partial charge in [0.25, 0.3) is 5.56 Å². The van der Waals surface area contributed by atoms with E-state index >= 15 is 0 Å². The molecule has 1 atom stereocenters. The zero-order valence-corrected chi connectivity index (χ0v) is 20.8. The van der Waals surface area contributed by atoms with Crippen molar-refractivity contribution in [2.45, 2.75) is 52.4 Å². The molecule has 1 aromatic carbocycles. The molecule has 0 aliphatic rings. The lowest BCUT2D eigenvalue weighted by atomic mass is 10.0. The summed E-state index contributed by atoms with van der Waals surface area (Å²) in [5.74, 6) is 1.35. The van der Waals surface area contributed by atoms with Gasteiger partial charge in [0.15, 0.2) is 5.82 Å². The molecular weight excluding hydrogens is 454 g/mol. The number of hydrogen-bond acceptors (Lipinski definition) is 7. The van der Waals surface area contributed by atoms with E-state index in [1.165, 1.54) is 0 Å². The number of nitrogens with one attached hydrogen (secondary N) is 1. The second kappa shape index (κ2) is 9.50. The number of aromatic nitrogens is 6.